The summed E-state index contributed by atoms with van der Waals surface area (Å²) in [7, 11) is 2.96. The fourth-order valence-electron chi connectivity index (χ4n) is 1.25. The number of hydrogen-bond donors (Lipinski definition) is 2. The van der Waals surface area contributed by atoms with Crippen LogP contribution in [-0.4, -0.2) is 30.5 Å². The lowest BCUT2D eigenvalue weighted by molar-refractivity contribution is 0.0525. The molecule has 0 bridgehead atoms. The van der Waals surface area contributed by atoms with Crippen molar-refractivity contribution in [3.63, 3.8) is 0 Å². The van der Waals surface area contributed by atoms with Gasteiger partial charge >= 0.3 is 0 Å². The van der Waals surface area contributed by atoms with Crippen molar-refractivity contribution in [3.8, 4) is 17.6 Å². The fourth-order valence-corrected chi connectivity index (χ4v) is 1.25. The van der Waals surface area contributed by atoms with Crippen LogP contribution in [0.2, 0.25) is 0 Å². The molecule has 0 saturated heterocycles. The van der Waals surface area contributed by atoms with E-state index in [1.807, 2.05) is 0 Å². The Kier molecular flexibility index (Phi) is 4.11. The van der Waals surface area contributed by atoms with Crippen LogP contribution in [0.4, 0.5) is 0 Å². The summed E-state index contributed by atoms with van der Waals surface area (Å²) in [6.07, 6.45) is -2.76. The van der Waals surface area contributed by atoms with Crippen LogP contribution in [-0.2, 0) is 0 Å². The molecule has 2 atom stereocenters. The van der Waals surface area contributed by atoms with Gasteiger partial charge in [0.1, 0.15) is 17.6 Å². The summed E-state index contributed by atoms with van der Waals surface area (Å²) in [4.78, 5) is 0. The van der Waals surface area contributed by atoms with Crippen molar-refractivity contribution >= 4 is 0 Å². The molecule has 1 aromatic rings. The van der Waals surface area contributed by atoms with Gasteiger partial charge in [-0.15, -0.1) is 0 Å². The number of hydrogen-bond acceptors (Lipinski definition) is 5. The van der Waals surface area contributed by atoms with Gasteiger partial charge in [-0.05, 0) is 17.7 Å². The maximum absolute atomic E-state index is 9.65. The van der Waals surface area contributed by atoms with Crippen LogP contribution >= 0.6 is 0 Å². The van der Waals surface area contributed by atoms with Crippen molar-refractivity contribution < 1.29 is 19.7 Å². The monoisotopic (exact) mass is 223 g/mol. The zero-order chi connectivity index (χ0) is 12.1. The number of aliphatic hydroxyl groups excluding tert-OH is 2. The van der Waals surface area contributed by atoms with Gasteiger partial charge in [-0.2, -0.15) is 5.26 Å². The zero-order valence-corrected chi connectivity index (χ0v) is 9.04. The molecule has 0 amide bonds. The Morgan fingerprint density at radius 3 is 2.00 bits per heavy atom. The maximum Gasteiger partial charge on any atom is 0.170 e. The molecule has 0 heterocycles. The maximum atomic E-state index is 9.65. The highest BCUT2D eigenvalue weighted by Gasteiger charge is 2.19. The summed E-state index contributed by atoms with van der Waals surface area (Å²) in [5, 5.41) is 27.4. The van der Waals surface area contributed by atoms with Crippen LogP contribution < -0.4 is 9.47 Å². The summed E-state index contributed by atoms with van der Waals surface area (Å²) in [5.74, 6) is 0.970. The smallest absolute Gasteiger partial charge is 0.170 e. The largest absolute Gasteiger partial charge is 0.497 e. The van der Waals surface area contributed by atoms with E-state index in [1.54, 1.807) is 12.1 Å². The molecule has 0 saturated carbocycles. The van der Waals surface area contributed by atoms with E-state index in [9.17, 15) is 10.2 Å². The lowest BCUT2D eigenvalue weighted by Gasteiger charge is -2.14. The Morgan fingerprint density at radius 2 is 1.62 bits per heavy atom. The van der Waals surface area contributed by atoms with Gasteiger partial charge in [0.05, 0.1) is 20.3 Å². The summed E-state index contributed by atoms with van der Waals surface area (Å²) >= 11 is 0. The van der Waals surface area contributed by atoms with Crippen molar-refractivity contribution in [1.82, 2.24) is 0 Å². The average molecular weight is 223 g/mol. The number of benzene rings is 1. The van der Waals surface area contributed by atoms with Crippen molar-refractivity contribution in [2.45, 2.75) is 12.2 Å². The summed E-state index contributed by atoms with van der Waals surface area (Å²) in [6.45, 7) is 0. The van der Waals surface area contributed by atoms with E-state index in [4.69, 9.17) is 14.7 Å². The van der Waals surface area contributed by atoms with E-state index in [-0.39, 0.29) is 0 Å². The molecule has 86 valence electrons. The van der Waals surface area contributed by atoms with E-state index >= 15 is 0 Å². The fraction of sp³-hybridized carbons (Fsp3) is 0.364. The zero-order valence-electron chi connectivity index (χ0n) is 9.04. The van der Waals surface area contributed by atoms with Crippen molar-refractivity contribution in [2.75, 3.05) is 14.2 Å². The molecule has 0 spiro atoms. The topological polar surface area (TPSA) is 82.7 Å². The van der Waals surface area contributed by atoms with Crippen molar-refractivity contribution in [1.29, 1.82) is 5.26 Å². The molecular formula is C11H13NO4. The third kappa shape index (κ3) is 2.63. The number of aliphatic hydroxyl groups is 2. The van der Waals surface area contributed by atoms with Crippen molar-refractivity contribution in [3.05, 3.63) is 23.8 Å². The van der Waals surface area contributed by atoms with Crippen LogP contribution in [0.15, 0.2) is 18.2 Å². The van der Waals surface area contributed by atoms with E-state index in [2.05, 4.69) is 0 Å². The van der Waals surface area contributed by atoms with Crippen LogP contribution in [0, 0.1) is 11.3 Å². The first-order valence-corrected chi connectivity index (χ1v) is 4.61. The molecule has 0 aliphatic rings. The molecule has 5 nitrogen and oxygen atoms in total. The minimum atomic E-state index is -1.48. The normalized spacial score (nSPS) is 13.7. The second kappa shape index (κ2) is 5.35. The van der Waals surface area contributed by atoms with Gasteiger partial charge in [0.15, 0.2) is 6.10 Å². The first-order chi connectivity index (χ1) is 7.62. The third-order valence-electron chi connectivity index (χ3n) is 2.15. The number of ether oxygens (including phenoxy) is 2. The van der Waals surface area contributed by atoms with Gasteiger partial charge in [0.2, 0.25) is 0 Å². The van der Waals surface area contributed by atoms with Gasteiger partial charge in [0.25, 0.3) is 0 Å². The van der Waals surface area contributed by atoms with Crippen molar-refractivity contribution in [2.24, 2.45) is 0 Å². The minimum Gasteiger partial charge on any atom is -0.497 e. The molecule has 0 aliphatic carbocycles. The number of rotatable bonds is 4. The molecule has 1 rings (SSSR count). The van der Waals surface area contributed by atoms with E-state index in [0.717, 1.165) is 0 Å². The van der Waals surface area contributed by atoms with Crippen LogP contribution in [0.5, 0.6) is 11.5 Å². The second-order valence-corrected chi connectivity index (χ2v) is 3.16. The quantitative estimate of drug-likeness (QED) is 0.731. The highest BCUT2D eigenvalue weighted by molar-refractivity contribution is 5.40. The minimum absolute atomic E-state index is 0.366. The van der Waals surface area contributed by atoms with E-state index < -0.39 is 12.2 Å². The van der Waals surface area contributed by atoms with Crippen LogP contribution in [0.25, 0.3) is 0 Å². The Balaban J connectivity index is 3.08. The van der Waals surface area contributed by atoms with Gasteiger partial charge in [0, 0.05) is 6.07 Å². The number of nitriles is 1. The molecule has 2 unspecified atom stereocenters. The summed E-state index contributed by atoms with van der Waals surface area (Å²) in [5.41, 5.74) is 0.366. The average Bonchev–Trinajstić information content (AvgIpc) is 2.35. The summed E-state index contributed by atoms with van der Waals surface area (Å²) < 4.78 is 10.0. The van der Waals surface area contributed by atoms with Crippen LogP contribution in [0.3, 0.4) is 0 Å². The molecule has 0 aliphatic heterocycles. The lowest BCUT2D eigenvalue weighted by Crippen LogP contribution is -2.15. The predicted octanol–water partition coefficient (Wildman–Crippen LogP) is 0.622. The van der Waals surface area contributed by atoms with Gasteiger partial charge < -0.3 is 19.7 Å². The van der Waals surface area contributed by atoms with Gasteiger partial charge in [-0.25, -0.2) is 0 Å². The number of nitrogens with zero attached hydrogens (tertiary/aromatic N) is 1. The molecular weight excluding hydrogens is 210 g/mol. The first kappa shape index (κ1) is 12.3. The van der Waals surface area contributed by atoms with Crippen LogP contribution in [0.1, 0.15) is 11.7 Å². The lowest BCUT2D eigenvalue weighted by atomic mass is 10.0. The number of methoxy groups -OCH3 is 2. The van der Waals surface area contributed by atoms with Gasteiger partial charge in [-0.1, -0.05) is 0 Å². The molecule has 2 N–H and O–H groups in total. The Morgan fingerprint density at radius 1 is 1.12 bits per heavy atom. The molecule has 0 fully saturated rings. The highest BCUT2D eigenvalue weighted by atomic mass is 16.5. The highest BCUT2D eigenvalue weighted by Crippen LogP contribution is 2.27. The third-order valence-corrected chi connectivity index (χ3v) is 2.15. The Bertz CT molecular complexity index is 377. The molecule has 5 heteroatoms. The Labute approximate surface area is 93.5 Å². The second-order valence-electron chi connectivity index (χ2n) is 3.16. The SMILES string of the molecule is COc1cc(OC)cc(C(O)C(O)C#N)c1. The first-order valence-electron chi connectivity index (χ1n) is 4.61. The molecule has 0 aromatic heterocycles. The van der Waals surface area contributed by atoms with Gasteiger partial charge in [-0.3, -0.25) is 0 Å². The standard InChI is InChI=1S/C11H13NO4/c1-15-8-3-7(4-9(5-8)16-2)11(14)10(13)6-12/h3-5,10-11,13-14H,1-2H3. The summed E-state index contributed by atoms with van der Waals surface area (Å²) in [6, 6.07) is 6.27. The van der Waals surface area contributed by atoms with E-state index in [0.29, 0.717) is 17.1 Å². The predicted molar refractivity (Wildman–Crippen MR) is 56.1 cm³/mol. The molecule has 0 radical (unpaired) electrons. The molecule has 1 aromatic carbocycles. The molecule has 16 heavy (non-hydrogen) atoms. The Hall–Kier alpha value is -1.77. The van der Waals surface area contributed by atoms with E-state index in [1.165, 1.54) is 26.4 Å².